The highest BCUT2D eigenvalue weighted by Crippen LogP contribution is 2.18. The van der Waals surface area contributed by atoms with Crippen molar-refractivity contribution in [2.45, 2.75) is 38.8 Å². The van der Waals surface area contributed by atoms with Crippen LogP contribution in [-0.2, 0) is 11.3 Å². The van der Waals surface area contributed by atoms with E-state index in [4.69, 9.17) is 0 Å². The lowest BCUT2D eigenvalue weighted by molar-refractivity contribution is -0.135. The Morgan fingerprint density at radius 3 is 3.04 bits per heavy atom. The van der Waals surface area contributed by atoms with E-state index in [-0.39, 0.29) is 12.0 Å². The first kappa shape index (κ1) is 17.3. The summed E-state index contributed by atoms with van der Waals surface area (Å²) < 4.78 is 0. The Hall–Kier alpha value is -1.50. The number of rotatable bonds is 5. The van der Waals surface area contributed by atoms with Gasteiger partial charge in [-0.2, -0.15) is 0 Å². The predicted octanol–water partition coefficient (Wildman–Crippen LogP) is 1.01. The number of carbonyl (C=O) groups excluding carboxylic acids is 1. The summed E-state index contributed by atoms with van der Waals surface area (Å²) in [4.78, 5) is 21.6. The zero-order valence-corrected chi connectivity index (χ0v) is 14.6. The summed E-state index contributed by atoms with van der Waals surface area (Å²) in [5, 5.41) is 0. The van der Waals surface area contributed by atoms with Crippen LogP contribution >= 0.6 is 0 Å². The van der Waals surface area contributed by atoms with Crippen LogP contribution in [0.2, 0.25) is 0 Å². The number of amides is 1. The van der Waals surface area contributed by atoms with Crippen LogP contribution in [0.25, 0.3) is 0 Å². The second-order valence-electron chi connectivity index (χ2n) is 6.84. The average molecular weight is 331 g/mol. The van der Waals surface area contributed by atoms with Crippen LogP contribution < -0.4 is 10.9 Å². The van der Waals surface area contributed by atoms with E-state index in [0.717, 1.165) is 58.5 Å². The summed E-state index contributed by atoms with van der Waals surface area (Å²) >= 11 is 0. The van der Waals surface area contributed by atoms with Crippen LogP contribution in [0.4, 0.5) is 0 Å². The number of hydrogen-bond acceptors (Lipinski definition) is 5. The smallest absolute Gasteiger partial charge is 0.228 e. The Morgan fingerprint density at radius 1 is 1.33 bits per heavy atom. The standard InChI is InChI=1S/C18H29N5O/c1-2-5-17-16(13-20-21-17)18(24)23-9-4-8-22(10-11-23)14-15-6-3-7-19-12-15/h3,6-7,12,16-17,20-21H,2,4-5,8-11,13-14H2,1H3. The van der Waals surface area contributed by atoms with E-state index in [9.17, 15) is 4.79 Å². The van der Waals surface area contributed by atoms with Crippen molar-refractivity contribution in [2.24, 2.45) is 5.92 Å². The van der Waals surface area contributed by atoms with Crippen LogP contribution in [-0.4, -0.2) is 59.5 Å². The van der Waals surface area contributed by atoms with E-state index >= 15 is 0 Å². The summed E-state index contributed by atoms with van der Waals surface area (Å²) in [6, 6.07) is 4.38. The lowest BCUT2D eigenvalue weighted by Gasteiger charge is -2.26. The van der Waals surface area contributed by atoms with Crippen molar-refractivity contribution in [3.63, 3.8) is 0 Å². The Labute approximate surface area is 144 Å². The fourth-order valence-electron chi connectivity index (χ4n) is 3.72. The molecule has 2 fully saturated rings. The lowest BCUT2D eigenvalue weighted by atomic mass is 9.96. The first-order valence-electron chi connectivity index (χ1n) is 9.16. The van der Waals surface area contributed by atoms with E-state index in [1.807, 2.05) is 18.5 Å². The molecule has 0 saturated carbocycles. The molecule has 2 N–H and O–H groups in total. The van der Waals surface area contributed by atoms with Gasteiger partial charge in [-0.05, 0) is 24.5 Å². The maximum atomic E-state index is 12.9. The Kier molecular flexibility index (Phi) is 6.18. The first-order valence-corrected chi connectivity index (χ1v) is 9.16. The van der Waals surface area contributed by atoms with E-state index in [2.05, 4.69) is 38.6 Å². The van der Waals surface area contributed by atoms with E-state index in [0.29, 0.717) is 5.91 Å². The molecule has 2 saturated heterocycles. The van der Waals surface area contributed by atoms with Crippen molar-refractivity contribution in [3.05, 3.63) is 30.1 Å². The number of nitrogens with one attached hydrogen (secondary N) is 2. The number of pyridine rings is 1. The van der Waals surface area contributed by atoms with E-state index < -0.39 is 0 Å². The zero-order valence-electron chi connectivity index (χ0n) is 14.6. The molecule has 6 heteroatoms. The fourth-order valence-corrected chi connectivity index (χ4v) is 3.72. The minimum Gasteiger partial charge on any atom is -0.341 e. The molecule has 3 heterocycles. The molecule has 2 aliphatic heterocycles. The number of aromatic nitrogens is 1. The molecule has 0 radical (unpaired) electrons. The highest BCUT2D eigenvalue weighted by atomic mass is 16.2. The normalized spacial score (nSPS) is 25.6. The monoisotopic (exact) mass is 331 g/mol. The summed E-state index contributed by atoms with van der Waals surface area (Å²) in [7, 11) is 0. The molecule has 0 aromatic carbocycles. The van der Waals surface area contributed by atoms with Gasteiger partial charge in [0.1, 0.15) is 0 Å². The largest absolute Gasteiger partial charge is 0.341 e. The van der Waals surface area contributed by atoms with Gasteiger partial charge >= 0.3 is 0 Å². The van der Waals surface area contributed by atoms with Gasteiger partial charge in [-0.3, -0.25) is 25.5 Å². The topological polar surface area (TPSA) is 60.5 Å². The van der Waals surface area contributed by atoms with E-state index in [1.165, 1.54) is 5.56 Å². The number of carbonyl (C=O) groups is 1. The predicted molar refractivity (Wildman–Crippen MR) is 94.0 cm³/mol. The third-order valence-electron chi connectivity index (χ3n) is 5.04. The zero-order chi connectivity index (χ0) is 16.8. The fraction of sp³-hybridized carbons (Fsp3) is 0.667. The van der Waals surface area contributed by atoms with Gasteiger partial charge in [0.2, 0.25) is 5.91 Å². The molecule has 1 aromatic rings. The van der Waals surface area contributed by atoms with Gasteiger partial charge in [0, 0.05) is 57.7 Å². The maximum absolute atomic E-state index is 12.9. The molecule has 3 rings (SSSR count). The summed E-state index contributed by atoms with van der Waals surface area (Å²) in [6.45, 7) is 7.51. The molecular weight excluding hydrogens is 302 g/mol. The summed E-state index contributed by atoms with van der Waals surface area (Å²) in [5.41, 5.74) is 7.68. The SMILES string of the molecule is CCCC1NNCC1C(=O)N1CCCN(Cc2cccnc2)CC1. The molecule has 0 bridgehead atoms. The van der Waals surface area contributed by atoms with Crippen LogP contribution in [0.15, 0.2) is 24.5 Å². The lowest BCUT2D eigenvalue weighted by Crippen LogP contribution is -2.43. The molecule has 2 atom stereocenters. The number of hydrazine groups is 1. The minimum absolute atomic E-state index is 0.0785. The number of nitrogens with zero attached hydrogens (tertiary/aromatic N) is 3. The van der Waals surface area contributed by atoms with Gasteiger partial charge in [0.25, 0.3) is 0 Å². The van der Waals surface area contributed by atoms with Crippen LogP contribution in [0.3, 0.4) is 0 Å². The van der Waals surface area contributed by atoms with Crippen LogP contribution in [0.1, 0.15) is 31.7 Å². The average Bonchev–Trinajstić information content (AvgIpc) is 2.94. The minimum atomic E-state index is 0.0785. The van der Waals surface area contributed by atoms with Crippen molar-refractivity contribution in [1.29, 1.82) is 0 Å². The first-order chi connectivity index (χ1) is 11.8. The summed E-state index contributed by atoms with van der Waals surface area (Å²) in [5.74, 6) is 0.393. The van der Waals surface area contributed by atoms with Crippen LogP contribution in [0.5, 0.6) is 0 Å². The molecule has 1 amide bonds. The molecular formula is C18H29N5O. The highest BCUT2D eigenvalue weighted by Gasteiger charge is 2.35. The van der Waals surface area contributed by atoms with Gasteiger partial charge in [-0.15, -0.1) is 0 Å². The maximum Gasteiger partial charge on any atom is 0.228 e. The molecule has 0 spiro atoms. The van der Waals surface area contributed by atoms with Gasteiger partial charge in [0.05, 0.1) is 5.92 Å². The van der Waals surface area contributed by atoms with E-state index in [1.54, 1.807) is 0 Å². The Balaban J connectivity index is 1.54. The third kappa shape index (κ3) is 4.32. The van der Waals surface area contributed by atoms with Crippen molar-refractivity contribution in [2.75, 3.05) is 32.7 Å². The molecule has 2 unspecified atom stereocenters. The molecule has 2 aliphatic rings. The van der Waals surface area contributed by atoms with Crippen molar-refractivity contribution < 1.29 is 4.79 Å². The Morgan fingerprint density at radius 2 is 2.25 bits per heavy atom. The second-order valence-corrected chi connectivity index (χ2v) is 6.84. The second kappa shape index (κ2) is 8.55. The van der Waals surface area contributed by atoms with Crippen molar-refractivity contribution >= 4 is 5.91 Å². The number of hydrogen-bond donors (Lipinski definition) is 2. The van der Waals surface area contributed by atoms with Crippen molar-refractivity contribution in [3.8, 4) is 0 Å². The van der Waals surface area contributed by atoms with Gasteiger partial charge in [0.15, 0.2) is 0 Å². The molecule has 132 valence electrons. The summed E-state index contributed by atoms with van der Waals surface area (Å²) in [6.07, 6.45) is 6.92. The van der Waals surface area contributed by atoms with Gasteiger partial charge in [-0.1, -0.05) is 19.4 Å². The van der Waals surface area contributed by atoms with Gasteiger partial charge in [-0.25, -0.2) is 0 Å². The molecule has 24 heavy (non-hydrogen) atoms. The Bertz CT molecular complexity index is 523. The highest BCUT2D eigenvalue weighted by molar-refractivity contribution is 5.80. The molecule has 6 nitrogen and oxygen atoms in total. The molecule has 1 aromatic heterocycles. The van der Waals surface area contributed by atoms with Crippen molar-refractivity contribution in [1.82, 2.24) is 25.6 Å². The van der Waals surface area contributed by atoms with Crippen LogP contribution in [0, 0.1) is 5.92 Å². The molecule has 0 aliphatic carbocycles. The van der Waals surface area contributed by atoms with Gasteiger partial charge < -0.3 is 4.90 Å². The third-order valence-corrected chi connectivity index (χ3v) is 5.04. The quantitative estimate of drug-likeness (QED) is 0.843.